The second-order valence-electron chi connectivity index (χ2n) is 8.27. The summed E-state index contributed by atoms with van der Waals surface area (Å²) in [4.78, 5) is 11.8. The number of aliphatic hydroxyl groups excluding tert-OH is 1. The Morgan fingerprint density at radius 1 is 1.14 bits per heavy atom. The molecule has 1 N–H and O–H groups in total. The van der Waals surface area contributed by atoms with Crippen molar-refractivity contribution in [3.05, 3.63) is 23.8 Å². The topological polar surface area (TPSA) is 37.3 Å². The average Bonchev–Trinajstić information content (AvgIpc) is 2.76. The van der Waals surface area contributed by atoms with Gasteiger partial charge in [-0.15, -0.1) is 0 Å². The normalized spacial score (nSPS) is 52.0. The van der Waals surface area contributed by atoms with E-state index in [-0.39, 0.29) is 16.9 Å². The predicted molar refractivity (Wildman–Crippen MR) is 82.6 cm³/mol. The van der Waals surface area contributed by atoms with Gasteiger partial charge in [-0.05, 0) is 72.3 Å². The zero-order chi connectivity index (χ0) is 14.8. The highest BCUT2D eigenvalue weighted by Crippen LogP contribution is 2.63. The number of hydrogen-bond donors (Lipinski definition) is 1. The molecule has 0 heterocycles. The lowest BCUT2D eigenvalue weighted by Crippen LogP contribution is -2.49. The van der Waals surface area contributed by atoms with E-state index in [0.717, 1.165) is 25.7 Å². The summed E-state index contributed by atoms with van der Waals surface area (Å²) in [6, 6.07) is 0. The fraction of sp³-hybridized carbons (Fsp3) is 0.737. The van der Waals surface area contributed by atoms with Gasteiger partial charge in [-0.2, -0.15) is 0 Å². The van der Waals surface area contributed by atoms with Crippen molar-refractivity contribution < 1.29 is 9.90 Å². The fourth-order valence-electron chi connectivity index (χ4n) is 5.97. The maximum Gasteiger partial charge on any atom is 0.156 e. The Kier molecular flexibility index (Phi) is 2.83. The molecule has 0 aliphatic heterocycles. The number of carbonyl (C=O) groups is 1. The second-order valence-corrected chi connectivity index (χ2v) is 8.27. The monoisotopic (exact) mass is 286 g/mol. The van der Waals surface area contributed by atoms with Crippen LogP contribution in [0.4, 0.5) is 0 Å². The van der Waals surface area contributed by atoms with Gasteiger partial charge in [0.05, 0.1) is 6.10 Å². The number of ketones is 1. The van der Waals surface area contributed by atoms with E-state index in [1.807, 2.05) is 6.08 Å². The van der Waals surface area contributed by atoms with Crippen molar-refractivity contribution in [3.63, 3.8) is 0 Å². The SMILES string of the molecule is C[C@]12CCC3C(C=CC4=CC(=O)CC[C@@]43C)C1CCC2O. The summed E-state index contributed by atoms with van der Waals surface area (Å²) < 4.78 is 0. The summed E-state index contributed by atoms with van der Waals surface area (Å²) in [5, 5.41) is 10.4. The van der Waals surface area contributed by atoms with E-state index in [2.05, 4.69) is 26.0 Å². The van der Waals surface area contributed by atoms with Crippen LogP contribution >= 0.6 is 0 Å². The van der Waals surface area contributed by atoms with Crippen LogP contribution in [-0.4, -0.2) is 17.0 Å². The van der Waals surface area contributed by atoms with E-state index in [9.17, 15) is 9.90 Å². The van der Waals surface area contributed by atoms with Gasteiger partial charge in [0.25, 0.3) is 0 Å². The van der Waals surface area contributed by atoms with Crippen LogP contribution in [0.5, 0.6) is 0 Å². The third kappa shape index (κ3) is 1.72. The van der Waals surface area contributed by atoms with Gasteiger partial charge in [0.2, 0.25) is 0 Å². The van der Waals surface area contributed by atoms with E-state index < -0.39 is 0 Å². The first kappa shape index (κ1) is 13.8. The van der Waals surface area contributed by atoms with Crippen LogP contribution in [0.1, 0.15) is 52.4 Å². The number of rotatable bonds is 0. The molecule has 0 aromatic heterocycles. The molecule has 4 unspecified atom stereocenters. The van der Waals surface area contributed by atoms with E-state index >= 15 is 0 Å². The Bertz CT molecular complexity index is 546. The van der Waals surface area contributed by atoms with Crippen molar-refractivity contribution in [1.82, 2.24) is 0 Å². The summed E-state index contributed by atoms with van der Waals surface area (Å²) in [6.45, 7) is 4.68. The van der Waals surface area contributed by atoms with Crippen LogP contribution in [-0.2, 0) is 4.79 Å². The Balaban J connectivity index is 1.75. The minimum absolute atomic E-state index is 0.116. The van der Waals surface area contributed by atoms with Gasteiger partial charge < -0.3 is 5.11 Å². The van der Waals surface area contributed by atoms with Gasteiger partial charge in [0.1, 0.15) is 0 Å². The first-order valence-corrected chi connectivity index (χ1v) is 8.56. The van der Waals surface area contributed by atoms with Gasteiger partial charge in [-0.1, -0.05) is 26.0 Å². The first-order chi connectivity index (χ1) is 9.95. The highest BCUT2D eigenvalue weighted by molar-refractivity contribution is 5.92. The van der Waals surface area contributed by atoms with Crippen LogP contribution in [0.3, 0.4) is 0 Å². The molecule has 4 rings (SSSR count). The molecule has 4 aliphatic rings. The molecule has 0 bridgehead atoms. The van der Waals surface area contributed by atoms with Gasteiger partial charge in [-0.25, -0.2) is 0 Å². The van der Waals surface area contributed by atoms with Gasteiger partial charge in [0, 0.05) is 6.42 Å². The summed E-state index contributed by atoms with van der Waals surface area (Å²) in [7, 11) is 0. The summed E-state index contributed by atoms with van der Waals surface area (Å²) in [5.74, 6) is 2.17. The lowest BCUT2D eigenvalue weighted by atomic mass is 9.49. The van der Waals surface area contributed by atoms with Crippen LogP contribution in [0.2, 0.25) is 0 Å². The molecule has 0 radical (unpaired) electrons. The van der Waals surface area contributed by atoms with Crippen LogP contribution < -0.4 is 0 Å². The third-order valence-electron chi connectivity index (χ3n) is 7.47. The molecule has 21 heavy (non-hydrogen) atoms. The maximum atomic E-state index is 11.8. The molecule has 2 nitrogen and oxygen atoms in total. The quantitative estimate of drug-likeness (QED) is 0.738. The molecule has 0 spiro atoms. The lowest BCUT2D eigenvalue weighted by Gasteiger charge is -2.55. The number of allylic oxidation sites excluding steroid dienone is 4. The van der Waals surface area contributed by atoms with Crippen molar-refractivity contribution in [2.45, 2.75) is 58.5 Å². The molecule has 2 heteroatoms. The number of aliphatic hydroxyl groups is 1. The fourth-order valence-corrected chi connectivity index (χ4v) is 5.97. The maximum absolute atomic E-state index is 11.8. The number of hydrogen-bond acceptors (Lipinski definition) is 2. The molecule has 4 aliphatic carbocycles. The van der Waals surface area contributed by atoms with E-state index in [1.165, 1.54) is 12.0 Å². The summed E-state index contributed by atoms with van der Waals surface area (Å²) >= 11 is 0. The Labute approximate surface area is 127 Å². The van der Waals surface area contributed by atoms with Crippen LogP contribution in [0.25, 0.3) is 0 Å². The third-order valence-corrected chi connectivity index (χ3v) is 7.47. The molecule has 114 valence electrons. The Morgan fingerprint density at radius 3 is 2.76 bits per heavy atom. The van der Waals surface area contributed by atoms with Crippen molar-refractivity contribution in [2.75, 3.05) is 0 Å². The van der Waals surface area contributed by atoms with Crippen LogP contribution in [0.15, 0.2) is 23.8 Å². The minimum atomic E-state index is -0.116. The molecular weight excluding hydrogens is 260 g/mol. The summed E-state index contributed by atoms with van der Waals surface area (Å²) in [6.07, 6.45) is 12.6. The highest BCUT2D eigenvalue weighted by Gasteiger charge is 2.57. The molecule has 2 saturated carbocycles. The molecule has 0 aromatic carbocycles. The van der Waals surface area contributed by atoms with Gasteiger partial charge in [0.15, 0.2) is 5.78 Å². The lowest BCUT2D eigenvalue weighted by molar-refractivity contribution is -0.116. The number of carbonyl (C=O) groups excluding carboxylic acids is 1. The molecule has 6 atom stereocenters. The standard InChI is InChI=1S/C19H26O2/c1-18-9-7-13(20)11-12(18)3-4-14-15-5-6-17(21)19(15,2)10-8-16(14)18/h3-4,11,14-17,21H,5-10H2,1-2H3/t14?,15?,16?,17?,18-,19-/m0/s1. The first-order valence-electron chi connectivity index (χ1n) is 8.56. The van der Waals surface area contributed by atoms with E-state index in [4.69, 9.17) is 0 Å². The van der Waals surface area contributed by atoms with Crippen molar-refractivity contribution in [2.24, 2.45) is 28.6 Å². The molecule has 0 aromatic rings. The number of fused-ring (bicyclic) bond motifs is 5. The van der Waals surface area contributed by atoms with Gasteiger partial charge in [-0.3, -0.25) is 4.79 Å². The zero-order valence-corrected chi connectivity index (χ0v) is 13.1. The molecule has 0 amide bonds. The second kappa shape index (κ2) is 4.32. The van der Waals surface area contributed by atoms with Crippen LogP contribution in [0, 0.1) is 28.6 Å². The van der Waals surface area contributed by atoms with Crippen molar-refractivity contribution >= 4 is 5.78 Å². The Morgan fingerprint density at radius 2 is 1.95 bits per heavy atom. The van der Waals surface area contributed by atoms with E-state index in [0.29, 0.717) is 30.0 Å². The van der Waals surface area contributed by atoms with Gasteiger partial charge >= 0.3 is 0 Å². The predicted octanol–water partition coefficient (Wildman–Crippen LogP) is 3.66. The molecule has 0 saturated heterocycles. The minimum Gasteiger partial charge on any atom is -0.393 e. The van der Waals surface area contributed by atoms with Crippen molar-refractivity contribution in [3.8, 4) is 0 Å². The van der Waals surface area contributed by atoms with Crippen molar-refractivity contribution in [1.29, 1.82) is 0 Å². The van der Waals surface area contributed by atoms with E-state index in [1.54, 1.807) is 0 Å². The Hall–Kier alpha value is -0.890. The largest absolute Gasteiger partial charge is 0.393 e. The molecular formula is C19H26O2. The zero-order valence-electron chi connectivity index (χ0n) is 13.1. The molecule has 2 fully saturated rings. The average molecular weight is 286 g/mol. The highest BCUT2D eigenvalue weighted by atomic mass is 16.3. The smallest absolute Gasteiger partial charge is 0.156 e. The summed E-state index contributed by atoms with van der Waals surface area (Å²) in [5.41, 5.74) is 1.57.